The molecule has 2 N–H and O–H groups in total. The quantitative estimate of drug-likeness (QED) is 0.696. The zero-order valence-electron chi connectivity index (χ0n) is 9.10. The van der Waals surface area contributed by atoms with E-state index in [2.05, 4.69) is 24.5 Å². The average molecular weight is 184 g/mol. The van der Waals surface area contributed by atoms with Gasteiger partial charge in [0.2, 0.25) is 0 Å². The second kappa shape index (κ2) is 6.39. The Bertz CT molecular complexity index is 115. The Morgan fingerprint density at radius 1 is 1.31 bits per heavy atom. The first kappa shape index (κ1) is 11.0. The Morgan fingerprint density at radius 2 is 2.15 bits per heavy atom. The SMILES string of the molecule is CC(C)NCCC1CCCNCC1. The lowest BCUT2D eigenvalue weighted by Crippen LogP contribution is -2.25. The maximum absolute atomic E-state index is 3.49. The van der Waals surface area contributed by atoms with Crippen LogP contribution in [0.4, 0.5) is 0 Å². The summed E-state index contributed by atoms with van der Waals surface area (Å²) >= 11 is 0. The molecule has 2 nitrogen and oxygen atoms in total. The highest BCUT2D eigenvalue weighted by molar-refractivity contribution is 4.68. The predicted molar refractivity (Wildman–Crippen MR) is 58.0 cm³/mol. The second-order valence-corrected chi connectivity index (χ2v) is 4.44. The van der Waals surface area contributed by atoms with E-state index in [-0.39, 0.29) is 0 Å². The lowest BCUT2D eigenvalue weighted by atomic mass is 9.97. The molecule has 1 heterocycles. The maximum atomic E-state index is 3.49. The van der Waals surface area contributed by atoms with E-state index in [0.29, 0.717) is 6.04 Å². The van der Waals surface area contributed by atoms with E-state index in [9.17, 15) is 0 Å². The summed E-state index contributed by atoms with van der Waals surface area (Å²) in [5, 5.41) is 6.95. The van der Waals surface area contributed by atoms with Crippen LogP contribution in [0.15, 0.2) is 0 Å². The molecule has 2 heteroatoms. The molecule has 0 radical (unpaired) electrons. The largest absolute Gasteiger partial charge is 0.317 e. The van der Waals surface area contributed by atoms with Crippen LogP contribution in [-0.4, -0.2) is 25.7 Å². The maximum Gasteiger partial charge on any atom is 0.00103 e. The first-order valence-corrected chi connectivity index (χ1v) is 5.73. The van der Waals surface area contributed by atoms with Gasteiger partial charge >= 0.3 is 0 Å². The molecule has 13 heavy (non-hydrogen) atoms. The molecule has 1 rings (SSSR count). The van der Waals surface area contributed by atoms with Gasteiger partial charge in [0.15, 0.2) is 0 Å². The van der Waals surface area contributed by atoms with Crippen molar-refractivity contribution in [1.82, 2.24) is 10.6 Å². The minimum Gasteiger partial charge on any atom is -0.317 e. The molecule has 1 fully saturated rings. The molecule has 0 bridgehead atoms. The van der Waals surface area contributed by atoms with Gasteiger partial charge in [-0.2, -0.15) is 0 Å². The van der Waals surface area contributed by atoms with Crippen LogP contribution in [0.2, 0.25) is 0 Å². The molecule has 1 saturated heterocycles. The molecule has 0 saturated carbocycles. The summed E-state index contributed by atoms with van der Waals surface area (Å²) in [6, 6.07) is 0.643. The summed E-state index contributed by atoms with van der Waals surface area (Å²) < 4.78 is 0. The van der Waals surface area contributed by atoms with Crippen molar-refractivity contribution in [3.05, 3.63) is 0 Å². The molecule has 78 valence electrons. The Hall–Kier alpha value is -0.0800. The zero-order valence-corrected chi connectivity index (χ0v) is 9.10. The molecule has 0 aromatic rings. The van der Waals surface area contributed by atoms with Gasteiger partial charge in [0.25, 0.3) is 0 Å². The third-order valence-electron chi connectivity index (χ3n) is 2.80. The summed E-state index contributed by atoms with van der Waals surface area (Å²) in [5.74, 6) is 0.959. The Morgan fingerprint density at radius 3 is 2.92 bits per heavy atom. The van der Waals surface area contributed by atoms with Crippen LogP contribution in [0.1, 0.15) is 39.5 Å². The Labute approximate surface area is 82.5 Å². The van der Waals surface area contributed by atoms with Gasteiger partial charge < -0.3 is 10.6 Å². The lowest BCUT2D eigenvalue weighted by molar-refractivity contribution is 0.414. The third kappa shape index (κ3) is 5.27. The summed E-state index contributed by atoms with van der Waals surface area (Å²) in [5.41, 5.74) is 0. The number of nitrogens with one attached hydrogen (secondary N) is 2. The third-order valence-corrected chi connectivity index (χ3v) is 2.80. The van der Waals surface area contributed by atoms with Gasteiger partial charge in [0, 0.05) is 6.04 Å². The highest BCUT2D eigenvalue weighted by Gasteiger charge is 2.10. The molecular weight excluding hydrogens is 160 g/mol. The van der Waals surface area contributed by atoms with Gasteiger partial charge in [0.1, 0.15) is 0 Å². The standard InChI is InChI=1S/C11H24N2/c1-10(2)13-9-6-11-4-3-7-12-8-5-11/h10-13H,3-9H2,1-2H3. The van der Waals surface area contributed by atoms with E-state index in [4.69, 9.17) is 0 Å². The fraction of sp³-hybridized carbons (Fsp3) is 1.00. The van der Waals surface area contributed by atoms with Crippen molar-refractivity contribution in [3.63, 3.8) is 0 Å². The minimum atomic E-state index is 0.643. The van der Waals surface area contributed by atoms with Crippen molar-refractivity contribution in [3.8, 4) is 0 Å². The fourth-order valence-electron chi connectivity index (χ4n) is 1.96. The molecule has 0 aromatic heterocycles. The molecular formula is C11H24N2. The van der Waals surface area contributed by atoms with Crippen LogP contribution in [0.3, 0.4) is 0 Å². The Balaban J connectivity index is 2.05. The molecule has 1 aliphatic heterocycles. The highest BCUT2D eigenvalue weighted by Crippen LogP contribution is 2.16. The smallest absolute Gasteiger partial charge is 0.00103 e. The van der Waals surface area contributed by atoms with Crippen molar-refractivity contribution in [1.29, 1.82) is 0 Å². The van der Waals surface area contributed by atoms with Crippen molar-refractivity contribution >= 4 is 0 Å². The molecule has 1 atom stereocenters. The first-order chi connectivity index (χ1) is 6.29. The second-order valence-electron chi connectivity index (χ2n) is 4.44. The van der Waals surface area contributed by atoms with E-state index in [1.54, 1.807) is 0 Å². The van der Waals surface area contributed by atoms with E-state index >= 15 is 0 Å². The number of hydrogen-bond acceptors (Lipinski definition) is 2. The van der Waals surface area contributed by atoms with Crippen LogP contribution < -0.4 is 10.6 Å². The summed E-state index contributed by atoms with van der Waals surface area (Å²) in [6.07, 6.45) is 5.53. The van der Waals surface area contributed by atoms with Gasteiger partial charge in [-0.05, 0) is 51.2 Å². The molecule has 1 aliphatic rings. The van der Waals surface area contributed by atoms with Gasteiger partial charge in [0.05, 0.1) is 0 Å². The van der Waals surface area contributed by atoms with Crippen LogP contribution >= 0.6 is 0 Å². The van der Waals surface area contributed by atoms with E-state index < -0.39 is 0 Å². The monoisotopic (exact) mass is 184 g/mol. The zero-order chi connectivity index (χ0) is 9.52. The number of rotatable bonds is 4. The molecule has 0 amide bonds. The highest BCUT2D eigenvalue weighted by atomic mass is 14.9. The fourth-order valence-corrected chi connectivity index (χ4v) is 1.96. The summed E-state index contributed by atoms with van der Waals surface area (Å²) in [7, 11) is 0. The van der Waals surface area contributed by atoms with Crippen LogP contribution in [0, 0.1) is 5.92 Å². The summed E-state index contributed by atoms with van der Waals surface area (Å²) in [6.45, 7) is 8.09. The van der Waals surface area contributed by atoms with Gasteiger partial charge in [-0.3, -0.25) is 0 Å². The average Bonchev–Trinajstić information content (AvgIpc) is 2.32. The van der Waals surface area contributed by atoms with Crippen LogP contribution in [0.25, 0.3) is 0 Å². The molecule has 0 aliphatic carbocycles. The van der Waals surface area contributed by atoms with E-state index in [1.165, 1.54) is 45.3 Å². The minimum absolute atomic E-state index is 0.643. The summed E-state index contributed by atoms with van der Waals surface area (Å²) in [4.78, 5) is 0. The van der Waals surface area contributed by atoms with Gasteiger partial charge in [-0.1, -0.05) is 13.8 Å². The topological polar surface area (TPSA) is 24.1 Å². The lowest BCUT2D eigenvalue weighted by Gasteiger charge is -2.15. The van der Waals surface area contributed by atoms with Crippen molar-refractivity contribution in [2.24, 2.45) is 5.92 Å². The van der Waals surface area contributed by atoms with E-state index in [1.807, 2.05) is 0 Å². The van der Waals surface area contributed by atoms with Crippen molar-refractivity contribution < 1.29 is 0 Å². The van der Waals surface area contributed by atoms with Gasteiger partial charge in [-0.25, -0.2) is 0 Å². The number of hydrogen-bond donors (Lipinski definition) is 2. The first-order valence-electron chi connectivity index (χ1n) is 5.73. The predicted octanol–water partition coefficient (Wildman–Crippen LogP) is 1.76. The van der Waals surface area contributed by atoms with Crippen molar-refractivity contribution in [2.75, 3.05) is 19.6 Å². The van der Waals surface area contributed by atoms with Crippen LogP contribution in [-0.2, 0) is 0 Å². The molecule has 0 spiro atoms. The normalized spacial score (nSPS) is 24.7. The molecule has 1 unspecified atom stereocenters. The van der Waals surface area contributed by atoms with Crippen molar-refractivity contribution in [2.45, 2.75) is 45.6 Å². The Kier molecular flexibility index (Phi) is 5.40. The van der Waals surface area contributed by atoms with E-state index in [0.717, 1.165) is 5.92 Å². The van der Waals surface area contributed by atoms with Gasteiger partial charge in [-0.15, -0.1) is 0 Å². The van der Waals surface area contributed by atoms with Crippen LogP contribution in [0.5, 0.6) is 0 Å². The molecule has 0 aromatic carbocycles.